The molecule has 1 aliphatic heterocycles. The van der Waals surface area contributed by atoms with E-state index in [1.54, 1.807) is 55.1 Å². The number of esters is 1. The van der Waals surface area contributed by atoms with Crippen LogP contribution in [0, 0.1) is 0 Å². The molecule has 1 fully saturated rings. The summed E-state index contributed by atoms with van der Waals surface area (Å²) in [5.41, 5.74) is 1.04. The van der Waals surface area contributed by atoms with Crippen molar-refractivity contribution in [3.05, 3.63) is 59.1 Å². The van der Waals surface area contributed by atoms with Gasteiger partial charge in [0, 0.05) is 28.0 Å². The number of carbonyl (C=O) groups excluding carboxylic acids is 2. The van der Waals surface area contributed by atoms with E-state index in [1.165, 1.54) is 0 Å². The van der Waals surface area contributed by atoms with Gasteiger partial charge in [0.25, 0.3) is 5.91 Å². The highest BCUT2D eigenvalue weighted by Gasteiger charge is 2.22. The minimum atomic E-state index is -0.931. The monoisotopic (exact) mass is 419 g/mol. The van der Waals surface area contributed by atoms with Crippen LogP contribution in [0.25, 0.3) is 0 Å². The van der Waals surface area contributed by atoms with Gasteiger partial charge in [-0.25, -0.2) is 4.79 Å². The van der Waals surface area contributed by atoms with Gasteiger partial charge in [-0.05, 0) is 56.2 Å². The number of nitrogens with one attached hydrogen (secondary N) is 1. The molecule has 0 radical (unpaired) electrons. The molecule has 7 heteroatoms. The van der Waals surface area contributed by atoms with E-state index in [1.807, 2.05) is 12.1 Å². The van der Waals surface area contributed by atoms with E-state index in [4.69, 9.17) is 21.1 Å². The molecule has 1 heterocycles. The highest BCUT2D eigenvalue weighted by Crippen LogP contribution is 2.27. The fourth-order valence-corrected chi connectivity index (χ4v) is 4.01. The molecular weight excluding hydrogens is 398 g/mol. The normalized spacial score (nSPS) is 17.1. The van der Waals surface area contributed by atoms with Crippen molar-refractivity contribution in [3.63, 3.8) is 0 Å². The van der Waals surface area contributed by atoms with Crippen LogP contribution in [-0.4, -0.2) is 36.4 Å². The number of hydrogen-bond donors (Lipinski definition) is 1. The highest BCUT2D eigenvalue weighted by atomic mass is 35.5. The first-order chi connectivity index (χ1) is 13.5. The fraction of sp³-hybridized carbons (Fsp3) is 0.333. The van der Waals surface area contributed by atoms with Gasteiger partial charge in [-0.2, -0.15) is 0 Å². The van der Waals surface area contributed by atoms with Crippen LogP contribution in [0.1, 0.15) is 30.1 Å². The molecule has 5 nitrogen and oxygen atoms in total. The maximum Gasteiger partial charge on any atom is 0.340 e. The van der Waals surface area contributed by atoms with E-state index in [9.17, 15) is 9.59 Å². The van der Waals surface area contributed by atoms with E-state index in [-0.39, 0.29) is 6.10 Å². The Hall–Kier alpha value is -2.02. The molecule has 1 amide bonds. The molecule has 28 heavy (non-hydrogen) atoms. The second kappa shape index (κ2) is 9.96. The predicted molar refractivity (Wildman–Crippen MR) is 111 cm³/mol. The summed E-state index contributed by atoms with van der Waals surface area (Å²) >= 11 is 7.41. The van der Waals surface area contributed by atoms with Crippen molar-refractivity contribution in [2.75, 3.05) is 17.7 Å². The molecule has 0 bridgehead atoms. The minimum absolute atomic E-state index is 0.221. The van der Waals surface area contributed by atoms with E-state index in [0.29, 0.717) is 16.3 Å². The molecule has 1 aliphatic rings. The molecule has 2 atom stereocenters. The molecule has 1 saturated heterocycles. The standard InChI is InChI=1S/C21H22ClNO4S/c1-14(20(24)23-16-10-8-15(22)9-11-16)27-21(25)18-6-2-3-7-19(18)28-13-17-5-4-12-26-17/h2-3,6-11,14,17H,4-5,12-13H2,1H3,(H,23,24)/t14-,17-/m1/s1. The molecule has 0 unspecified atom stereocenters. The molecule has 2 aromatic rings. The molecule has 1 N–H and O–H groups in total. The van der Waals surface area contributed by atoms with Crippen molar-refractivity contribution in [1.82, 2.24) is 0 Å². The lowest BCUT2D eigenvalue weighted by Gasteiger charge is -2.15. The van der Waals surface area contributed by atoms with Crippen LogP contribution in [-0.2, 0) is 14.3 Å². The molecule has 0 aromatic heterocycles. The van der Waals surface area contributed by atoms with Crippen LogP contribution in [0.3, 0.4) is 0 Å². The third-order valence-electron chi connectivity index (χ3n) is 4.32. The smallest absolute Gasteiger partial charge is 0.340 e. The van der Waals surface area contributed by atoms with Crippen molar-refractivity contribution in [2.24, 2.45) is 0 Å². The number of halogens is 1. The number of anilines is 1. The molecule has 3 rings (SSSR count). The number of rotatable bonds is 7. The van der Waals surface area contributed by atoms with Crippen LogP contribution in [0.15, 0.2) is 53.4 Å². The summed E-state index contributed by atoms with van der Waals surface area (Å²) in [6.45, 7) is 2.35. The summed E-state index contributed by atoms with van der Waals surface area (Å²) in [5, 5.41) is 3.28. The zero-order chi connectivity index (χ0) is 19.9. The van der Waals surface area contributed by atoms with Crippen LogP contribution < -0.4 is 5.32 Å². The minimum Gasteiger partial charge on any atom is -0.449 e. The first-order valence-electron chi connectivity index (χ1n) is 9.14. The predicted octanol–water partition coefficient (Wildman–Crippen LogP) is 4.80. The Kier molecular flexibility index (Phi) is 7.36. The second-order valence-electron chi connectivity index (χ2n) is 6.49. The number of carbonyl (C=O) groups is 2. The van der Waals surface area contributed by atoms with Crippen molar-refractivity contribution in [3.8, 4) is 0 Å². The molecule has 0 spiro atoms. The van der Waals surface area contributed by atoms with Crippen LogP contribution in [0.2, 0.25) is 5.02 Å². The Balaban J connectivity index is 1.58. The second-order valence-corrected chi connectivity index (χ2v) is 7.98. The lowest BCUT2D eigenvalue weighted by Crippen LogP contribution is -2.30. The average molecular weight is 420 g/mol. The molecule has 148 valence electrons. The fourth-order valence-electron chi connectivity index (χ4n) is 2.77. The zero-order valence-corrected chi connectivity index (χ0v) is 17.1. The van der Waals surface area contributed by atoms with E-state index in [0.717, 1.165) is 30.1 Å². The number of benzene rings is 2. The Morgan fingerprint density at radius 1 is 1.25 bits per heavy atom. The topological polar surface area (TPSA) is 64.6 Å². The average Bonchev–Trinajstić information content (AvgIpc) is 3.22. The largest absolute Gasteiger partial charge is 0.449 e. The van der Waals surface area contributed by atoms with Gasteiger partial charge in [0.1, 0.15) is 0 Å². The Labute approximate surface area is 173 Å². The first-order valence-corrected chi connectivity index (χ1v) is 10.5. The van der Waals surface area contributed by atoms with E-state index in [2.05, 4.69) is 5.32 Å². The Morgan fingerprint density at radius 3 is 2.71 bits per heavy atom. The maximum atomic E-state index is 12.6. The van der Waals surface area contributed by atoms with Crippen molar-refractivity contribution < 1.29 is 19.1 Å². The number of ether oxygens (including phenoxy) is 2. The Bertz CT molecular complexity index is 821. The first kappa shape index (κ1) is 20.7. The molecule has 2 aromatic carbocycles. The number of thioether (sulfide) groups is 1. The summed E-state index contributed by atoms with van der Waals surface area (Å²) in [6, 6.07) is 14.0. The number of amides is 1. The summed E-state index contributed by atoms with van der Waals surface area (Å²) in [4.78, 5) is 25.7. The summed E-state index contributed by atoms with van der Waals surface area (Å²) in [6.07, 6.45) is 1.41. The van der Waals surface area contributed by atoms with Gasteiger partial charge in [-0.1, -0.05) is 23.7 Å². The lowest BCUT2D eigenvalue weighted by molar-refractivity contribution is -0.123. The van der Waals surface area contributed by atoms with Gasteiger partial charge in [-0.15, -0.1) is 11.8 Å². The molecule has 0 aliphatic carbocycles. The summed E-state index contributed by atoms with van der Waals surface area (Å²) < 4.78 is 11.0. The summed E-state index contributed by atoms with van der Waals surface area (Å²) in [7, 11) is 0. The van der Waals surface area contributed by atoms with Crippen molar-refractivity contribution in [2.45, 2.75) is 36.9 Å². The zero-order valence-electron chi connectivity index (χ0n) is 15.5. The van der Waals surface area contributed by atoms with Crippen molar-refractivity contribution in [1.29, 1.82) is 0 Å². The van der Waals surface area contributed by atoms with Gasteiger partial charge in [0.2, 0.25) is 0 Å². The molecule has 0 saturated carbocycles. The third kappa shape index (κ3) is 5.74. The molecular formula is C21H22ClNO4S. The quantitative estimate of drug-likeness (QED) is 0.516. The van der Waals surface area contributed by atoms with Crippen LogP contribution in [0.5, 0.6) is 0 Å². The van der Waals surface area contributed by atoms with Crippen molar-refractivity contribution >= 4 is 40.9 Å². The van der Waals surface area contributed by atoms with Crippen LogP contribution in [0.4, 0.5) is 5.69 Å². The number of hydrogen-bond acceptors (Lipinski definition) is 5. The van der Waals surface area contributed by atoms with Gasteiger partial charge in [-0.3, -0.25) is 4.79 Å². The van der Waals surface area contributed by atoms with E-state index >= 15 is 0 Å². The SMILES string of the molecule is C[C@@H](OC(=O)c1ccccc1SC[C@H]1CCCO1)C(=O)Nc1ccc(Cl)cc1. The maximum absolute atomic E-state index is 12.6. The van der Waals surface area contributed by atoms with E-state index < -0.39 is 18.0 Å². The lowest BCUT2D eigenvalue weighted by atomic mass is 10.2. The van der Waals surface area contributed by atoms with Gasteiger partial charge < -0.3 is 14.8 Å². The summed E-state index contributed by atoms with van der Waals surface area (Å²) in [5.74, 6) is -0.133. The Morgan fingerprint density at radius 2 is 2.00 bits per heavy atom. The van der Waals surface area contributed by atoms with Crippen LogP contribution >= 0.6 is 23.4 Å². The van der Waals surface area contributed by atoms with Gasteiger partial charge in [0.15, 0.2) is 6.10 Å². The van der Waals surface area contributed by atoms with Gasteiger partial charge in [0.05, 0.1) is 11.7 Å². The highest BCUT2D eigenvalue weighted by molar-refractivity contribution is 7.99. The third-order valence-corrected chi connectivity index (χ3v) is 5.78. The van der Waals surface area contributed by atoms with Gasteiger partial charge >= 0.3 is 5.97 Å².